The molecule has 1 aliphatic rings. The molecule has 1 aromatic heterocycles. The molecule has 27 heavy (non-hydrogen) atoms. The van der Waals surface area contributed by atoms with E-state index in [1.54, 1.807) is 24.4 Å². The third kappa shape index (κ3) is 3.20. The molecule has 0 saturated carbocycles. The Morgan fingerprint density at radius 1 is 1.19 bits per heavy atom. The summed E-state index contributed by atoms with van der Waals surface area (Å²) < 4.78 is 5.13. The van der Waals surface area contributed by atoms with Gasteiger partial charge in [0.2, 0.25) is 0 Å². The standard InChI is InChI=1S/C20H15N3O3S/c1-26-17-12-13(7-8-16(17)24)11-15-19(25)23(20-21-9-10-27-20)18(22-15)14-5-3-2-4-6-14/h2-12,24H,1H3/b15-11-. The molecular formula is C20H15N3O3S. The summed E-state index contributed by atoms with van der Waals surface area (Å²) in [6.07, 6.45) is 3.32. The Bertz CT molecular complexity index is 1040. The number of amides is 1. The number of thiazole rings is 1. The minimum atomic E-state index is -0.254. The van der Waals surface area contributed by atoms with Crippen molar-refractivity contribution in [1.82, 2.24) is 4.98 Å². The number of hydrogen-bond acceptors (Lipinski definition) is 6. The van der Waals surface area contributed by atoms with Crippen LogP contribution in [0.5, 0.6) is 11.5 Å². The maximum Gasteiger partial charge on any atom is 0.284 e. The zero-order chi connectivity index (χ0) is 18.8. The quantitative estimate of drug-likeness (QED) is 0.704. The molecule has 2 aromatic carbocycles. The molecular weight excluding hydrogens is 362 g/mol. The van der Waals surface area contributed by atoms with Crippen molar-refractivity contribution in [2.75, 3.05) is 12.0 Å². The first-order chi connectivity index (χ1) is 13.2. The van der Waals surface area contributed by atoms with Crippen molar-refractivity contribution in [3.8, 4) is 11.5 Å². The van der Waals surface area contributed by atoms with Crippen LogP contribution >= 0.6 is 11.3 Å². The van der Waals surface area contributed by atoms with Gasteiger partial charge < -0.3 is 9.84 Å². The van der Waals surface area contributed by atoms with Crippen molar-refractivity contribution < 1.29 is 14.6 Å². The number of carbonyl (C=O) groups excluding carboxylic acids is 1. The van der Waals surface area contributed by atoms with Gasteiger partial charge in [0.05, 0.1) is 7.11 Å². The first-order valence-electron chi connectivity index (χ1n) is 8.14. The van der Waals surface area contributed by atoms with E-state index < -0.39 is 0 Å². The zero-order valence-electron chi connectivity index (χ0n) is 14.4. The third-order valence-electron chi connectivity index (χ3n) is 4.01. The van der Waals surface area contributed by atoms with Gasteiger partial charge in [-0.05, 0) is 23.8 Å². The molecule has 0 saturated heterocycles. The largest absolute Gasteiger partial charge is 0.504 e. The molecule has 4 rings (SSSR count). The normalized spacial score (nSPS) is 15.3. The second-order valence-corrected chi connectivity index (χ2v) is 6.59. The molecule has 0 aliphatic carbocycles. The molecule has 2 heterocycles. The summed E-state index contributed by atoms with van der Waals surface area (Å²) in [4.78, 5) is 23.4. The van der Waals surface area contributed by atoms with Gasteiger partial charge in [0.15, 0.2) is 16.6 Å². The van der Waals surface area contributed by atoms with Gasteiger partial charge in [-0.25, -0.2) is 14.9 Å². The molecule has 1 amide bonds. The molecule has 0 bridgehead atoms. The lowest BCUT2D eigenvalue weighted by molar-refractivity contribution is -0.113. The molecule has 3 aromatic rings. The average molecular weight is 377 g/mol. The molecule has 0 atom stereocenters. The topological polar surface area (TPSA) is 75.0 Å². The van der Waals surface area contributed by atoms with Crippen LogP contribution in [0, 0.1) is 0 Å². The minimum Gasteiger partial charge on any atom is -0.504 e. The Morgan fingerprint density at radius 2 is 2.00 bits per heavy atom. The lowest BCUT2D eigenvalue weighted by Gasteiger charge is -2.14. The second kappa shape index (κ2) is 7.05. The molecule has 0 radical (unpaired) electrons. The van der Waals surface area contributed by atoms with Gasteiger partial charge >= 0.3 is 0 Å². The predicted molar refractivity (Wildman–Crippen MR) is 105 cm³/mol. The van der Waals surface area contributed by atoms with Crippen molar-refractivity contribution >= 4 is 34.3 Å². The number of aromatic hydroxyl groups is 1. The maximum atomic E-state index is 13.0. The number of ether oxygens (including phenoxy) is 1. The summed E-state index contributed by atoms with van der Waals surface area (Å²) in [5.41, 5.74) is 1.81. The van der Waals surface area contributed by atoms with E-state index in [-0.39, 0.29) is 17.4 Å². The van der Waals surface area contributed by atoms with Crippen molar-refractivity contribution in [2.45, 2.75) is 0 Å². The van der Waals surface area contributed by atoms with Gasteiger partial charge in [0.25, 0.3) is 5.91 Å². The Labute approximate surface area is 159 Å². The number of hydrogen-bond donors (Lipinski definition) is 1. The van der Waals surface area contributed by atoms with E-state index in [0.717, 1.165) is 5.56 Å². The van der Waals surface area contributed by atoms with Crippen molar-refractivity contribution in [1.29, 1.82) is 0 Å². The Morgan fingerprint density at radius 3 is 2.70 bits per heavy atom. The molecule has 0 fully saturated rings. The number of phenols is 1. The van der Waals surface area contributed by atoms with Crippen LogP contribution in [0.1, 0.15) is 11.1 Å². The number of phenolic OH excluding ortho intramolecular Hbond substituents is 1. The maximum absolute atomic E-state index is 13.0. The molecule has 1 N–H and O–H groups in total. The number of benzene rings is 2. The Kier molecular flexibility index (Phi) is 4.43. The first-order valence-corrected chi connectivity index (χ1v) is 9.02. The van der Waals surface area contributed by atoms with Crippen LogP contribution in [-0.2, 0) is 4.79 Å². The van der Waals surface area contributed by atoms with Crippen LogP contribution in [0.2, 0.25) is 0 Å². The monoisotopic (exact) mass is 377 g/mol. The minimum absolute atomic E-state index is 0.0373. The van der Waals surface area contributed by atoms with Crippen LogP contribution in [0.15, 0.2) is 70.8 Å². The highest BCUT2D eigenvalue weighted by Gasteiger charge is 2.33. The summed E-state index contributed by atoms with van der Waals surface area (Å²) >= 11 is 1.37. The summed E-state index contributed by atoms with van der Waals surface area (Å²) in [5.74, 6) is 0.650. The lowest BCUT2D eigenvalue weighted by Crippen LogP contribution is -2.32. The van der Waals surface area contributed by atoms with Gasteiger partial charge in [-0.2, -0.15) is 0 Å². The molecule has 1 aliphatic heterocycles. The van der Waals surface area contributed by atoms with E-state index in [1.165, 1.54) is 29.4 Å². The van der Waals surface area contributed by atoms with Gasteiger partial charge in [-0.3, -0.25) is 4.79 Å². The Hall–Kier alpha value is -3.45. The number of anilines is 1. The van der Waals surface area contributed by atoms with Crippen molar-refractivity contribution in [3.63, 3.8) is 0 Å². The van der Waals surface area contributed by atoms with E-state index in [4.69, 9.17) is 4.74 Å². The van der Waals surface area contributed by atoms with E-state index in [0.29, 0.717) is 22.3 Å². The number of rotatable bonds is 4. The van der Waals surface area contributed by atoms with E-state index in [9.17, 15) is 9.90 Å². The molecule has 7 heteroatoms. The fourth-order valence-electron chi connectivity index (χ4n) is 2.74. The Balaban J connectivity index is 1.80. The highest BCUT2D eigenvalue weighted by molar-refractivity contribution is 7.14. The number of aliphatic imine (C=N–C) groups is 1. The molecule has 0 spiro atoms. The number of aromatic nitrogens is 1. The highest BCUT2D eigenvalue weighted by Crippen LogP contribution is 2.31. The van der Waals surface area contributed by atoms with Crippen LogP contribution in [0.3, 0.4) is 0 Å². The molecule has 0 unspecified atom stereocenters. The fourth-order valence-corrected chi connectivity index (χ4v) is 3.38. The fraction of sp³-hybridized carbons (Fsp3) is 0.0500. The molecule has 134 valence electrons. The van der Waals surface area contributed by atoms with Crippen LogP contribution in [0.25, 0.3) is 6.08 Å². The van der Waals surface area contributed by atoms with E-state index >= 15 is 0 Å². The summed E-state index contributed by atoms with van der Waals surface area (Å²) in [7, 11) is 1.47. The SMILES string of the molecule is COc1cc(/C=C2\N=C(c3ccccc3)N(c3nccs3)C2=O)ccc1O. The summed E-state index contributed by atoms with van der Waals surface area (Å²) in [6.45, 7) is 0. The van der Waals surface area contributed by atoms with Crippen LogP contribution in [-0.4, -0.2) is 28.9 Å². The summed E-state index contributed by atoms with van der Waals surface area (Å²) in [5, 5.41) is 12.1. The van der Waals surface area contributed by atoms with Gasteiger partial charge in [0, 0.05) is 17.1 Å². The van der Waals surface area contributed by atoms with Gasteiger partial charge in [0.1, 0.15) is 11.5 Å². The lowest BCUT2D eigenvalue weighted by atomic mass is 10.1. The smallest absolute Gasteiger partial charge is 0.284 e. The predicted octanol–water partition coefficient (Wildman–Crippen LogP) is 3.69. The number of amidine groups is 1. The third-order valence-corrected chi connectivity index (χ3v) is 4.77. The van der Waals surface area contributed by atoms with Crippen molar-refractivity contribution in [3.05, 3.63) is 76.9 Å². The number of nitrogens with zero attached hydrogens (tertiary/aromatic N) is 3. The first kappa shape index (κ1) is 17.0. The van der Waals surface area contributed by atoms with Crippen LogP contribution < -0.4 is 9.64 Å². The zero-order valence-corrected chi connectivity index (χ0v) is 15.2. The van der Waals surface area contributed by atoms with Gasteiger partial charge in [-0.1, -0.05) is 36.4 Å². The number of methoxy groups -OCH3 is 1. The number of carbonyl (C=O) groups is 1. The van der Waals surface area contributed by atoms with E-state index in [2.05, 4.69) is 9.98 Å². The average Bonchev–Trinajstić information content (AvgIpc) is 3.32. The summed E-state index contributed by atoms with van der Waals surface area (Å²) in [6, 6.07) is 14.4. The van der Waals surface area contributed by atoms with E-state index in [1.807, 2.05) is 35.7 Å². The molecule has 6 nitrogen and oxygen atoms in total. The van der Waals surface area contributed by atoms with Gasteiger partial charge in [-0.15, -0.1) is 11.3 Å². The highest BCUT2D eigenvalue weighted by atomic mass is 32.1. The second-order valence-electron chi connectivity index (χ2n) is 5.72. The van der Waals surface area contributed by atoms with Crippen molar-refractivity contribution in [2.24, 2.45) is 4.99 Å². The van der Waals surface area contributed by atoms with Crippen LogP contribution in [0.4, 0.5) is 5.13 Å².